The Morgan fingerprint density at radius 2 is 1.81 bits per heavy atom. The van der Waals surface area contributed by atoms with Crippen LogP contribution in [-0.2, 0) is 16.4 Å². The molecule has 0 radical (unpaired) electrons. The molecule has 4 rings (SSSR count). The average molecular weight is 501 g/mol. The van der Waals surface area contributed by atoms with Gasteiger partial charge < -0.3 is 10.1 Å². The number of ether oxygens (including phenoxy) is 1. The quantitative estimate of drug-likeness (QED) is 0.543. The van der Waals surface area contributed by atoms with Crippen LogP contribution >= 0.6 is 15.9 Å². The molecule has 3 aromatic carbocycles. The third-order valence-corrected chi connectivity index (χ3v) is 7.70. The lowest BCUT2D eigenvalue weighted by Gasteiger charge is -2.31. The first-order valence-electron chi connectivity index (χ1n) is 9.76. The predicted molar refractivity (Wildman–Crippen MR) is 124 cm³/mol. The molecule has 0 fully saturated rings. The molecule has 1 heterocycles. The average Bonchev–Trinajstić information content (AvgIpc) is 2.78. The van der Waals surface area contributed by atoms with Crippen LogP contribution in [0.2, 0.25) is 0 Å². The third-order valence-electron chi connectivity index (χ3n) is 5.18. The molecule has 1 aliphatic heterocycles. The molecule has 3 aromatic rings. The second-order valence-electron chi connectivity index (χ2n) is 7.13. The maximum absolute atomic E-state index is 13.2. The number of nitrogens with one attached hydrogen (secondary N) is 1. The van der Waals surface area contributed by atoms with Crippen molar-refractivity contribution in [2.75, 3.05) is 23.3 Å². The van der Waals surface area contributed by atoms with Crippen molar-refractivity contribution in [1.82, 2.24) is 0 Å². The van der Waals surface area contributed by atoms with Crippen molar-refractivity contribution in [3.8, 4) is 5.75 Å². The van der Waals surface area contributed by atoms with Gasteiger partial charge in [0.15, 0.2) is 0 Å². The normalized spacial score (nSPS) is 13.4. The van der Waals surface area contributed by atoms with Gasteiger partial charge in [0.05, 0.1) is 23.3 Å². The number of fused-ring (bicyclic) bond motifs is 1. The molecule has 0 bridgehead atoms. The summed E-state index contributed by atoms with van der Waals surface area (Å²) in [7, 11) is -2.16. The van der Waals surface area contributed by atoms with Gasteiger partial charge in [0.1, 0.15) is 5.75 Å². The van der Waals surface area contributed by atoms with Gasteiger partial charge in [0, 0.05) is 16.7 Å². The fourth-order valence-corrected chi connectivity index (χ4v) is 5.61. The zero-order valence-corrected chi connectivity index (χ0v) is 19.2. The summed E-state index contributed by atoms with van der Waals surface area (Å²) in [6, 6.07) is 18.9. The first kappa shape index (κ1) is 21.4. The number of aryl methyl sites for hydroxylation is 1. The lowest BCUT2D eigenvalue weighted by Crippen LogP contribution is -2.35. The van der Waals surface area contributed by atoms with Crippen molar-refractivity contribution in [3.63, 3.8) is 0 Å². The van der Waals surface area contributed by atoms with E-state index in [1.807, 2.05) is 18.2 Å². The highest BCUT2D eigenvalue weighted by molar-refractivity contribution is 9.10. The first-order chi connectivity index (χ1) is 14.9. The highest BCUT2D eigenvalue weighted by Gasteiger charge is 2.29. The molecule has 160 valence electrons. The minimum Gasteiger partial charge on any atom is -0.497 e. The Labute approximate surface area is 190 Å². The van der Waals surface area contributed by atoms with E-state index in [0.717, 1.165) is 12.0 Å². The van der Waals surface area contributed by atoms with E-state index in [9.17, 15) is 13.2 Å². The van der Waals surface area contributed by atoms with Gasteiger partial charge in [-0.3, -0.25) is 9.10 Å². The Balaban J connectivity index is 1.61. The Kier molecular flexibility index (Phi) is 6.02. The number of hydrogen-bond donors (Lipinski definition) is 1. The van der Waals surface area contributed by atoms with Crippen LogP contribution in [-0.4, -0.2) is 28.0 Å². The van der Waals surface area contributed by atoms with Gasteiger partial charge >= 0.3 is 0 Å². The van der Waals surface area contributed by atoms with Gasteiger partial charge in [-0.2, -0.15) is 0 Å². The molecule has 0 spiro atoms. The van der Waals surface area contributed by atoms with Crippen LogP contribution in [0.3, 0.4) is 0 Å². The number of carbonyl (C=O) groups excluding carboxylic acids is 1. The maximum atomic E-state index is 13.2. The highest BCUT2D eigenvalue weighted by Crippen LogP contribution is 2.34. The molecule has 1 N–H and O–H groups in total. The Hall–Kier alpha value is -2.84. The summed E-state index contributed by atoms with van der Waals surface area (Å²) in [5, 5.41) is 2.90. The van der Waals surface area contributed by atoms with Gasteiger partial charge in [0.2, 0.25) is 0 Å². The summed E-state index contributed by atoms with van der Waals surface area (Å²) in [5.41, 5.74) is 2.68. The number of hydrogen-bond acceptors (Lipinski definition) is 4. The van der Waals surface area contributed by atoms with Crippen LogP contribution in [0.15, 0.2) is 76.1 Å². The van der Waals surface area contributed by atoms with Gasteiger partial charge in [-0.05, 0) is 88.9 Å². The van der Waals surface area contributed by atoms with Crippen LogP contribution in [0, 0.1) is 0 Å². The molecule has 6 nitrogen and oxygen atoms in total. The van der Waals surface area contributed by atoms with E-state index in [-0.39, 0.29) is 10.8 Å². The van der Waals surface area contributed by atoms with Crippen molar-refractivity contribution in [1.29, 1.82) is 0 Å². The minimum atomic E-state index is -3.70. The maximum Gasteiger partial charge on any atom is 0.264 e. The summed E-state index contributed by atoms with van der Waals surface area (Å²) in [5.74, 6) is 0.370. The summed E-state index contributed by atoms with van der Waals surface area (Å²) < 4.78 is 33.8. The second kappa shape index (κ2) is 8.72. The summed E-state index contributed by atoms with van der Waals surface area (Å²) >= 11 is 3.39. The third kappa shape index (κ3) is 4.31. The lowest BCUT2D eigenvalue weighted by molar-refractivity contribution is 0.102. The van der Waals surface area contributed by atoms with E-state index >= 15 is 0 Å². The Morgan fingerprint density at radius 1 is 1.06 bits per heavy atom. The van der Waals surface area contributed by atoms with Gasteiger partial charge in [-0.1, -0.05) is 12.1 Å². The number of anilines is 2. The van der Waals surface area contributed by atoms with Crippen LogP contribution in [0.4, 0.5) is 11.4 Å². The lowest BCUT2D eigenvalue weighted by atomic mass is 10.0. The van der Waals surface area contributed by atoms with E-state index in [4.69, 9.17) is 4.74 Å². The molecule has 8 heteroatoms. The van der Waals surface area contributed by atoms with Crippen LogP contribution in [0.25, 0.3) is 0 Å². The largest absolute Gasteiger partial charge is 0.497 e. The number of methoxy groups -OCH3 is 1. The molecule has 0 atom stereocenters. The monoisotopic (exact) mass is 500 g/mol. The fourth-order valence-electron chi connectivity index (χ4n) is 3.61. The minimum absolute atomic E-state index is 0.215. The predicted octanol–water partition coefficient (Wildman–Crippen LogP) is 4.85. The molecular weight excluding hydrogens is 480 g/mol. The smallest absolute Gasteiger partial charge is 0.264 e. The molecule has 0 aliphatic carbocycles. The Bertz CT molecular complexity index is 1230. The van der Waals surface area contributed by atoms with Crippen molar-refractivity contribution >= 4 is 43.2 Å². The number of sulfonamides is 1. The molecule has 0 saturated carbocycles. The SMILES string of the molecule is COc1ccc(S(=O)(=O)N2CCCc3cc(NC(=O)c4ccccc4Br)ccc32)cc1. The second-order valence-corrected chi connectivity index (χ2v) is 9.85. The van der Waals surface area contributed by atoms with E-state index in [1.165, 1.54) is 11.4 Å². The van der Waals surface area contributed by atoms with Crippen LogP contribution < -0.4 is 14.4 Å². The number of rotatable bonds is 5. The fraction of sp³-hybridized carbons (Fsp3) is 0.174. The summed E-state index contributed by atoms with van der Waals surface area (Å²) in [4.78, 5) is 12.8. The summed E-state index contributed by atoms with van der Waals surface area (Å²) in [6.45, 7) is 0.407. The number of halogens is 1. The molecule has 0 aromatic heterocycles. The number of nitrogens with zero attached hydrogens (tertiary/aromatic N) is 1. The van der Waals surface area contributed by atoms with Gasteiger partial charge in [0.25, 0.3) is 15.9 Å². The topological polar surface area (TPSA) is 75.7 Å². The van der Waals surface area contributed by atoms with E-state index in [2.05, 4.69) is 21.2 Å². The van der Waals surface area contributed by atoms with E-state index in [1.54, 1.807) is 48.5 Å². The van der Waals surface area contributed by atoms with Crippen molar-refractivity contribution in [2.45, 2.75) is 17.7 Å². The molecule has 31 heavy (non-hydrogen) atoms. The first-order valence-corrected chi connectivity index (χ1v) is 12.0. The highest BCUT2D eigenvalue weighted by atomic mass is 79.9. The molecule has 0 saturated heterocycles. The molecular formula is C23H21BrN2O4S. The van der Waals surface area contributed by atoms with Gasteiger partial charge in [-0.15, -0.1) is 0 Å². The Morgan fingerprint density at radius 3 is 2.52 bits per heavy atom. The number of carbonyl (C=O) groups is 1. The van der Waals surface area contributed by atoms with Gasteiger partial charge in [-0.25, -0.2) is 8.42 Å². The van der Waals surface area contributed by atoms with Crippen molar-refractivity contribution in [3.05, 3.63) is 82.3 Å². The van der Waals surface area contributed by atoms with Crippen molar-refractivity contribution < 1.29 is 17.9 Å². The van der Waals surface area contributed by atoms with Crippen LogP contribution in [0.1, 0.15) is 22.3 Å². The van der Waals surface area contributed by atoms with Crippen LogP contribution in [0.5, 0.6) is 5.75 Å². The summed E-state index contributed by atoms with van der Waals surface area (Å²) in [6.07, 6.45) is 1.44. The number of benzene rings is 3. The standard InChI is InChI=1S/C23H21BrN2O4S/c1-30-18-9-11-19(12-10-18)31(28,29)26-14-4-5-16-15-17(8-13-22(16)26)25-23(27)20-6-2-3-7-21(20)24/h2-3,6-13,15H,4-5,14H2,1H3,(H,25,27). The van der Waals surface area contributed by atoms with E-state index in [0.29, 0.717) is 40.1 Å². The van der Waals surface area contributed by atoms with E-state index < -0.39 is 10.0 Å². The molecule has 1 aliphatic rings. The molecule has 1 amide bonds. The number of amides is 1. The zero-order valence-electron chi connectivity index (χ0n) is 16.8. The molecule has 0 unspecified atom stereocenters. The zero-order chi connectivity index (χ0) is 22.0. The van der Waals surface area contributed by atoms with Crippen molar-refractivity contribution in [2.24, 2.45) is 0 Å².